The van der Waals surface area contributed by atoms with Crippen LogP contribution in [0.25, 0.3) is 6.08 Å². The Morgan fingerprint density at radius 2 is 1.96 bits per heavy atom. The zero-order valence-corrected chi connectivity index (χ0v) is 14.4. The standard InChI is InChI=1S/C18H13NO3S2/c1-11-4-2-5-12(8-11)9-15-16(20)19(18(23)24-15)14-7-3-6-13(10-14)17(21)22/h2-10H,1H3,(H,21,22). The highest BCUT2D eigenvalue weighted by Crippen LogP contribution is 2.36. The molecule has 1 fully saturated rings. The van der Waals surface area contributed by atoms with Gasteiger partial charge >= 0.3 is 5.97 Å². The minimum Gasteiger partial charge on any atom is -0.478 e. The van der Waals surface area contributed by atoms with E-state index >= 15 is 0 Å². The van der Waals surface area contributed by atoms with Crippen LogP contribution in [0.4, 0.5) is 5.69 Å². The summed E-state index contributed by atoms with van der Waals surface area (Å²) >= 11 is 6.52. The molecule has 1 aliphatic rings. The Morgan fingerprint density at radius 1 is 1.21 bits per heavy atom. The summed E-state index contributed by atoms with van der Waals surface area (Å²) in [6, 6.07) is 14.0. The number of aromatic carboxylic acids is 1. The minimum absolute atomic E-state index is 0.115. The van der Waals surface area contributed by atoms with Crippen molar-refractivity contribution >= 4 is 51.9 Å². The van der Waals surface area contributed by atoms with E-state index in [1.807, 2.05) is 31.2 Å². The van der Waals surface area contributed by atoms with Crippen molar-refractivity contribution in [1.29, 1.82) is 0 Å². The Balaban J connectivity index is 1.95. The number of nitrogens with zero attached hydrogens (tertiary/aromatic N) is 1. The average Bonchev–Trinajstić information content (AvgIpc) is 2.81. The van der Waals surface area contributed by atoms with Crippen LogP contribution in [0.2, 0.25) is 0 Å². The number of anilines is 1. The Bertz CT molecular complexity index is 889. The van der Waals surface area contributed by atoms with E-state index in [1.165, 1.54) is 28.8 Å². The lowest BCUT2D eigenvalue weighted by Gasteiger charge is -2.14. The van der Waals surface area contributed by atoms with Gasteiger partial charge in [0.25, 0.3) is 5.91 Å². The quantitative estimate of drug-likeness (QED) is 0.663. The number of carboxylic acids is 1. The molecular weight excluding hydrogens is 342 g/mol. The molecule has 1 aliphatic heterocycles. The highest BCUT2D eigenvalue weighted by atomic mass is 32.2. The SMILES string of the molecule is Cc1cccc(C=C2SC(=S)N(c3cccc(C(=O)O)c3)C2=O)c1. The van der Waals surface area contributed by atoms with Gasteiger partial charge < -0.3 is 5.11 Å². The van der Waals surface area contributed by atoms with Crippen molar-refractivity contribution in [2.75, 3.05) is 4.90 Å². The summed E-state index contributed by atoms with van der Waals surface area (Å²) in [5.74, 6) is -1.29. The molecule has 3 rings (SSSR count). The number of hydrogen-bond donors (Lipinski definition) is 1. The van der Waals surface area contributed by atoms with Crippen molar-refractivity contribution in [2.45, 2.75) is 6.92 Å². The van der Waals surface area contributed by atoms with E-state index in [4.69, 9.17) is 17.3 Å². The van der Waals surface area contributed by atoms with Gasteiger partial charge in [-0.3, -0.25) is 9.69 Å². The normalized spacial score (nSPS) is 16.0. The van der Waals surface area contributed by atoms with Gasteiger partial charge in [0.05, 0.1) is 16.2 Å². The maximum Gasteiger partial charge on any atom is 0.335 e. The lowest BCUT2D eigenvalue weighted by Crippen LogP contribution is -2.27. The van der Waals surface area contributed by atoms with E-state index in [2.05, 4.69) is 0 Å². The largest absolute Gasteiger partial charge is 0.478 e. The van der Waals surface area contributed by atoms with E-state index in [0.717, 1.165) is 11.1 Å². The number of hydrogen-bond acceptors (Lipinski definition) is 4. The maximum absolute atomic E-state index is 12.7. The van der Waals surface area contributed by atoms with Crippen LogP contribution in [0.15, 0.2) is 53.4 Å². The lowest BCUT2D eigenvalue weighted by molar-refractivity contribution is -0.113. The first-order valence-corrected chi connectivity index (χ1v) is 8.36. The molecule has 1 heterocycles. The molecule has 0 aliphatic carbocycles. The molecule has 120 valence electrons. The number of carbonyl (C=O) groups excluding carboxylic acids is 1. The van der Waals surface area contributed by atoms with Crippen molar-refractivity contribution in [1.82, 2.24) is 0 Å². The first-order valence-electron chi connectivity index (χ1n) is 7.14. The van der Waals surface area contributed by atoms with Gasteiger partial charge in [-0.25, -0.2) is 4.79 Å². The highest BCUT2D eigenvalue weighted by Gasteiger charge is 2.33. The maximum atomic E-state index is 12.7. The van der Waals surface area contributed by atoms with Gasteiger partial charge in [0.2, 0.25) is 0 Å². The van der Waals surface area contributed by atoms with Crippen LogP contribution in [0, 0.1) is 6.92 Å². The highest BCUT2D eigenvalue weighted by molar-refractivity contribution is 8.27. The van der Waals surface area contributed by atoms with Crippen molar-refractivity contribution in [3.63, 3.8) is 0 Å². The van der Waals surface area contributed by atoms with Crippen LogP contribution in [0.1, 0.15) is 21.5 Å². The molecular formula is C18H13NO3S2. The van der Waals surface area contributed by atoms with E-state index in [9.17, 15) is 9.59 Å². The van der Waals surface area contributed by atoms with Gasteiger partial charge in [-0.2, -0.15) is 0 Å². The fraction of sp³-hybridized carbons (Fsp3) is 0.0556. The molecule has 2 aromatic carbocycles. The Hall–Kier alpha value is -2.44. The topological polar surface area (TPSA) is 57.6 Å². The third-order valence-corrected chi connectivity index (χ3v) is 4.79. The van der Waals surface area contributed by atoms with Gasteiger partial charge in [-0.1, -0.05) is 59.9 Å². The summed E-state index contributed by atoms with van der Waals surface area (Å²) in [5.41, 5.74) is 2.61. The predicted octanol–water partition coefficient (Wildman–Crippen LogP) is 4.10. The Morgan fingerprint density at radius 3 is 2.67 bits per heavy atom. The molecule has 24 heavy (non-hydrogen) atoms. The number of carbonyl (C=O) groups is 2. The first-order chi connectivity index (χ1) is 11.5. The van der Waals surface area contributed by atoms with Crippen molar-refractivity contribution in [3.8, 4) is 0 Å². The summed E-state index contributed by atoms with van der Waals surface area (Å²) in [5, 5.41) is 9.10. The second kappa shape index (κ2) is 6.59. The molecule has 0 bridgehead atoms. The van der Waals surface area contributed by atoms with E-state index in [1.54, 1.807) is 18.2 Å². The third-order valence-electron chi connectivity index (χ3n) is 3.48. The fourth-order valence-corrected chi connectivity index (χ4v) is 3.68. The van der Waals surface area contributed by atoms with E-state index < -0.39 is 5.97 Å². The molecule has 1 N–H and O–H groups in total. The van der Waals surface area contributed by atoms with Crippen LogP contribution in [0.3, 0.4) is 0 Å². The smallest absolute Gasteiger partial charge is 0.335 e. The molecule has 0 saturated carbocycles. The molecule has 4 nitrogen and oxygen atoms in total. The van der Waals surface area contributed by atoms with E-state index in [0.29, 0.717) is 14.9 Å². The van der Waals surface area contributed by atoms with Crippen molar-refractivity contribution in [3.05, 3.63) is 70.1 Å². The van der Waals surface area contributed by atoms with Crippen LogP contribution < -0.4 is 4.90 Å². The second-order valence-corrected chi connectivity index (χ2v) is 6.96. The van der Waals surface area contributed by atoms with Gasteiger partial charge in [-0.15, -0.1) is 0 Å². The lowest BCUT2D eigenvalue weighted by atomic mass is 10.1. The molecule has 1 amide bonds. The zero-order chi connectivity index (χ0) is 17.3. The van der Waals surface area contributed by atoms with Gasteiger partial charge in [0.15, 0.2) is 4.32 Å². The van der Waals surface area contributed by atoms with Gasteiger partial charge in [-0.05, 0) is 36.8 Å². The zero-order valence-electron chi connectivity index (χ0n) is 12.7. The summed E-state index contributed by atoms with van der Waals surface area (Å²) < 4.78 is 0.390. The average molecular weight is 355 g/mol. The van der Waals surface area contributed by atoms with Crippen molar-refractivity contribution < 1.29 is 14.7 Å². The summed E-state index contributed by atoms with van der Waals surface area (Å²) in [6.07, 6.45) is 1.80. The molecule has 0 spiro atoms. The number of benzene rings is 2. The minimum atomic E-state index is -1.04. The number of thiocarbonyl (C=S) groups is 1. The number of aryl methyl sites for hydroxylation is 1. The Labute approximate surface area is 148 Å². The van der Waals surface area contributed by atoms with Gasteiger partial charge in [0, 0.05) is 0 Å². The summed E-state index contributed by atoms with van der Waals surface area (Å²) in [4.78, 5) is 25.7. The van der Waals surface area contributed by atoms with Crippen LogP contribution in [0.5, 0.6) is 0 Å². The van der Waals surface area contributed by atoms with Crippen molar-refractivity contribution in [2.24, 2.45) is 0 Å². The number of amides is 1. The fourth-order valence-electron chi connectivity index (χ4n) is 2.38. The summed E-state index contributed by atoms with van der Waals surface area (Å²) in [6.45, 7) is 1.99. The molecule has 0 aromatic heterocycles. The number of rotatable bonds is 3. The molecule has 0 atom stereocenters. The second-order valence-electron chi connectivity index (χ2n) is 5.29. The number of thioether (sulfide) groups is 1. The van der Waals surface area contributed by atoms with Crippen LogP contribution >= 0.6 is 24.0 Å². The summed E-state index contributed by atoms with van der Waals surface area (Å²) in [7, 11) is 0. The van der Waals surface area contributed by atoms with Crippen LogP contribution in [-0.2, 0) is 4.79 Å². The van der Waals surface area contributed by atoms with Crippen LogP contribution in [-0.4, -0.2) is 21.3 Å². The molecule has 1 saturated heterocycles. The molecule has 0 radical (unpaired) electrons. The predicted molar refractivity (Wildman–Crippen MR) is 100 cm³/mol. The molecule has 2 aromatic rings. The molecule has 6 heteroatoms. The third kappa shape index (κ3) is 3.25. The van der Waals surface area contributed by atoms with E-state index in [-0.39, 0.29) is 11.5 Å². The molecule has 0 unspecified atom stereocenters. The number of carboxylic acid groups (broad SMARTS) is 1. The Kier molecular flexibility index (Phi) is 4.51. The van der Waals surface area contributed by atoms with Gasteiger partial charge in [0.1, 0.15) is 0 Å². The first kappa shape index (κ1) is 16.4. The monoisotopic (exact) mass is 355 g/mol.